The molecular weight excluding hydrogens is 310 g/mol. The highest BCUT2D eigenvalue weighted by molar-refractivity contribution is 5.85. The number of hydrogen-bond donors (Lipinski definition) is 2. The maximum absolute atomic E-state index is 5.35. The lowest BCUT2D eigenvalue weighted by molar-refractivity contribution is 0.407. The second-order valence-electron chi connectivity index (χ2n) is 5.29. The number of halogens is 1. The fraction of sp³-hybridized carbons (Fsp3) is 0.278. The molecule has 3 rings (SSSR count). The largest absolute Gasteiger partial charge is 0.496 e. The summed E-state index contributed by atoms with van der Waals surface area (Å²) < 4.78 is 5.35. The van der Waals surface area contributed by atoms with Crippen molar-refractivity contribution >= 4 is 23.4 Å². The van der Waals surface area contributed by atoms with Crippen molar-refractivity contribution in [3.63, 3.8) is 0 Å². The Hall–Kier alpha value is -2.04. The van der Waals surface area contributed by atoms with Crippen molar-refractivity contribution in [3.05, 3.63) is 59.9 Å². The third-order valence-electron chi connectivity index (χ3n) is 3.71. The summed E-state index contributed by atoms with van der Waals surface area (Å²) in [5.74, 6) is 1.99. The molecule has 2 aromatic carbocycles. The van der Waals surface area contributed by atoms with Gasteiger partial charge in [0.1, 0.15) is 11.6 Å². The van der Waals surface area contributed by atoms with Crippen molar-refractivity contribution in [3.8, 4) is 5.75 Å². The minimum atomic E-state index is 0. The predicted octanol–water partition coefficient (Wildman–Crippen LogP) is 3.72. The van der Waals surface area contributed by atoms with E-state index in [9.17, 15) is 0 Å². The molecule has 0 saturated carbocycles. The standard InChI is InChI=1S/C18H21N3O.ClH/c1-22-17-10-5-2-7-14(17)13-19-12-6-11-18-20-15-8-3-4-9-16(15)21-18;/h2-5,7-10,19H,6,11-13H2,1H3,(H,20,21);1H. The molecule has 0 saturated heterocycles. The van der Waals surface area contributed by atoms with Crippen molar-refractivity contribution in [1.82, 2.24) is 15.3 Å². The van der Waals surface area contributed by atoms with Crippen LogP contribution in [0.3, 0.4) is 0 Å². The monoisotopic (exact) mass is 331 g/mol. The van der Waals surface area contributed by atoms with Crippen LogP contribution < -0.4 is 10.1 Å². The number of hydrogen-bond acceptors (Lipinski definition) is 3. The van der Waals surface area contributed by atoms with Crippen LogP contribution in [0.25, 0.3) is 11.0 Å². The first-order chi connectivity index (χ1) is 10.9. The topological polar surface area (TPSA) is 49.9 Å². The first-order valence-electron chi connectivity index (χ1n) is 7.63. The van der Waals surface area contributed by atoms with Gasteiger partial charge >= 0.3 is 0 Å². The van der Waals surface area contributed by atoms with Crippen molar-refractivity contribution in [2.75, 3.05) is 13.7 Å². The van der Waals surface area contributed by atoms with Gasteiger partial charge in [0.2, 0.25) is 0 Å². The number of ether oxygens (including phenoxy) is 1. The Morgan fingerprint density at radius 2 is 1.87 bits per heavy atom. The Morgan fingerprint density at radius 1 is 1.09 bits per heavy atom. The molecule has 122 valence electrons. The first-order valence-corrected chi connectivity index (χ1v) is 7.63. The van der Waals surface area contributed by atoms with Gasteiger partial charge in [-0.1, -0.05) is 30.3 Å². The quantitative estimate of drug-likeness (QED) is 0.649. The summed E-state index contributed by atoms with van der Waals surface area (Å²) in [5, 5.41) is 3.46. The lowest BCUT2D eigenvalue weighted by Crippen LogP contribution is -2.16. The van der Waals surface area contributed by atoms with Crippen LogP contribution in [0.1, 0.15) is 17.8 Å². The van der Waals surface area contributed by atoms with E-state index in [4.69, 9.17) is 4.74 Å². The fourth-order valence-electron chi connectivity index (χ4n) is 2.58. The number of nitrogens with one attached hydrogen (secondary N) is 2. The van der Waals surface area contributed by atoms with Gasteiger partial charge in [0, 0.05) is 18.5 Å². The molecule has 1 heterocycles. The molecule has 0 spiro atoms. The molecule has 0 bridgehead atoms. The lowest BCUT2D eigenvalue weighted by Gasteiger charge is -2.09. The molecule has 0 unspecified atom stereocenters. The van der Waals surface area contributed by atoms with Crippen LogP contribution in [-0.4, -0.2) is 23.6 Å². The number of rotatable bonds is 7. The molecule has 0 aliphatic rings. The third kappa shape index (κ3) is 4.47. The molecule has 0 fully saturated rings. The highest BCUT2D eigenvalue weighted by Gasteiger charge is 2.03. The molecular formula is C18H22ClN3O. The molecule has 0 atom stereocenters. The number of nitrogens with zero attached hydrogens (tertiary/aromatic N) is 1. The molecule has 5 heteroatoms. The van der Waals surface area contributed by atoms with Crippen LogP contribution in [0.2, 0.25) is 0 Å². The molecule has 4 nitrogen and oxygen atoms in total. The smallest absolute Gasteiger partial charge is 0.123 e. The van der Waals surface area contributed by atoms with Crippen LogP contribution in [0.5, 0.6) is 5.75 Å². The molecule has 0 amide bonds. The molecule has 2 N–H and O–H groups in total. The van der Waals surface area contributed by atoms with E-state index in [0.29, 0.717) is 0 Å². The van der Waals surface area contributed by atoms with E-state index in [1.165, 1.54) is 5.56 Å². The van der Waals surface area contributed by atoms with Gasteiger partial charge < -0.3 is 15.0 Å². The lowest BCUT2D eigenvalue weighted by atomic mass is 10.2. The number of imidazole rings is 1. The van der Waals surface area contributed by atoms with Crippen molar-refractivity contribution in [2.24, 2.45) is 0 Å². The zero-order valence-electron chi connectivity index (χ0n) is 13.2. The van der Waals surface area contributed by atoms with Gasteiger partial charge in [0.15, 0.2) is 0 Å². The highest BCUT2D eigenvalue weighted by Crippen LogP contribution is 2.16. The summed E-state index contributed by atoms with van der Waals surface area (Å²) in [6.45, 7) is 1.78. The van der Waals surface area contributed by atoms with Gasteiger partial charge in [0.25, 0.3) is 0 Å². The summed E-state index contributed by atoms with van der Waals surface area (Å²) in [7, 11) is 1.71. The summed E-state index contributed by atoms with van der Waals surface area (Å²) >= 11 is 0. The Balaban J connectivity index is 0.00000192. The van der Waals surface area contributed by atoms with Crippen LogP contribution in [0, 0.1) is 0 Å². The molecule has 3 aromatic rings. The van der Waals surface area contributed by atoms with E-state index in [-0.39, 0.29) is 12.4 Å². The van der Waals surface area contributed by atoms with Crippen LogP contribution in [0.4, 0.5) is 0 Å². The van der Waals surface area contributed by atoms with Gasteiger partial charge in [-0.05, 0) is 31.2 Å². The molecule has 0 radical (unpaired) electrons. The van der Waals surface area contributed by atoms with Crippen molar-refractivity contribution in [1.29, 1.82) is 0 Å². The van der Waals surface area contributed by atoms with Crippen LogP contribution >= 0.6 is 12.4 Å². The second kappa shape index (κ2) is 8.56. The van der Waals surface area contributed by atoms with E-state index in [0.717, 1.165) is 48.5 Å². The zero-order chi connectivity index (χ0) is 15.2. The molecule has 0 aliphatic heterocycles. The maximum Gasteiger partial charge on any atom is 0.123 e. The predicted molar refractivity (Wildman–Crippen MR) is 96.4 cm³/mol. The number of para-hydroxylation sites is 3. The highest BCUT2D eigenvalue weighted by atomic mass is 35.5. The van der Waals surface area contributed by atoms with Crippen LogP contribution in [0.15, 0.2) is 48.5 Å². The Kier molecular flexibility index (Phi) is 6.44. The van der Waals surface area contributed by atoms with Crippen LogP contribution in [-0.2, 0) is 13.0 Å². The Labute approximate surface area is 142 Å². The van der Waals surface area contributed by atoms with E-state index >= 15 is 0 Å². The van der Waals surface area contributed by atoms with Gasteiger partial charge in [-0.25, -0.2) is 4.98 Å². The molecule has 1 aromatic heterocycles. The van der Waals surface area contributed by atoms with Gasteiger partial charge in [0.05, 0.1) is 18.1 Å². The van der Waals surface area contributed by atoms with Gasteiger partial charge in [-0.15, -0.1) is 12.4 Å². The van der Waals surface area contributed by atoms with E-state index < -0.39 is 0 Å². The van der Waals surface area contributed by atoms with E-state index in [2.05, 4.69) is 27.4 Å². The second-order valence-corrected chi connectivity index (χ2v) is 5.29. The average Bonchev–Trinajstić information content (AvgIpc) is 2.97. The number of aromatic nitrogens is 2. The number of benzene rings is 2. The fourth-order valence-corrected chi connectivity index (χ4v) is 2.58. The Morgan fingerprint density at radius 3 is 2.70 bits per heavy atom. The molecule has 0 aliphatic carbocycles. The summed E-state index contributed by atoms with van der Waals surface area (Å²) in [6.07, 6.45) is 2.00. The number of aryl methyl sites for hydroxylation is 1. The minimum absolute atomic E-state index is 0. The van der Waals surface area contributed by atoms with Gasteiger partial charge in [-0.2, -0.15) is 0 Å². The number of H-pyrrole nitrogens is 1. The third-order valence-corrected chi connectivity index (χ3v) is 3.71. The average molecular weight is 332 g/mol. The SMILES string of the molecule is COc1ccccc1CNCCCc1nc2ccccc2[nH]1.Cl. The Bertz CT molecular complexity index is 709. The number of aromatic amines is 1. The van der Waals surface area contributed by atoms with Crippen molar-refractivity contribution < 1.29 is 4.74 Å². The molecule has 23 heavy (non-hydrogen) atoms. The van der Waals surface area contributed by atoms with Gasteiger partial charge in [-0.3, -0.25) is 0 Å². The normalized spacial score (nSPS) is 10.5. The first kappa shape index (κ1) is 17.3. The summed E-state index contributed by atoms with van der Waals surface area (Å²) in [6, 6.07) is 16.2. The number of methoxy groups -OCH3 is 1. The van der Waals surface area contributed by atoms with Crippen molar-refractivity contribution in [2.45, 2.75) is 19.4 Å². The minimum Gasteiger partial charge on any atom is -0.496 e. The van der Waals surface area contributed by atoms with E-state index in [1.54, 1.807) is 7.11 Å². The number of fused-ring (bicyclic) bond motifs is 1. The van der Waals surface area contributed by atoms with E-state index in [1.807, 2.05) is 36.4 Å². The maximum atomic E-state index is 5.35. The zero-order valence-corrected chi connectivity index (χ0v) is 14.0. The summed E-state index contributed by atoms with van der Waals surface area (Å²) in [5.41, 5.74) is 3.34. The summed E-state index contributed by atoms with van der Waals surface area (Å²) in [4.78, 5) is 7.96.